The zero-order chi connectivity index (χ0) is 24.2. The van der Waals surface area contributed by atoms with Gasteiger partial charge in [-0.1, -0.05) is 0 Å². The summed E-state index contributed by atoms with van der Waals surface area (Å²) >= 11 is 1.28. The number of amides is 3. The average molecular weight is 477 g/mol. The lowest BCUT2D eigenvalue weighted by molar-refractivity contribution is -0.384. The molecule has 0 aromatic heterocycles. The Morgan fingerprint density at radius 2 is 1.68 bits per heavy atom. The van der Waals surface area contributed by atoms with Gasteiger partial charge in [0.05, 0.1) is 23.0 Å². The number of methoxy groups -OCH3 is 1. The molecule has 1 atom stereocenters. The molecule has 1 saturated heterocycles. The molecule has 3 aromatic rings. The van der Waals surface area contributed by atoms with E-state index in [4.69, 9.17) is 4.74 Å². The van der Waals surface area contributed by atoms with Gasteiger partial charge in [-0.2, -0.15) is 0 Å². The van der Waals surface area contributed by atoms with E-state index in [0.717, 1.165) is 4.90 Å². The van der Waals surface area contributed by atoms with E-state index in [2.05, 4.69) is 5.32 Å². The molecule has 9 nitrogen and oxygen atoms in total. The first-order valence-electron chi connectivity index (χ1n) is 10.2. The SMILES string of the molecule is COc1ccc(N2C(=O)CC(Sc3ccc(NC(=O)c4ccc([N+](=O)[O-])cc4)cc3)C2=O)cc1. The van der Waals surface area contributed by atoms with Crippen LogP contribution >= 0.6 is 11.8 Å². The number of nitro benzene ring substituents is 1. The van der Waals surface area contributed by atoms with Gasteiger partial charge in [0.25, 0.3) is 11.6 Å². The van der Waals surface area contributed by atoms with Crippen LogP contribution in [0.1, 0.15) is 16.8 Å². The van der Waals surface area contributed by atoms with Gasteiger partial charge in [-0.15, -0.1) is 11.8 Å². The molecule has 1 unspecified atom stereocenters. The summed E-state index contributed by atoms with van der Waals surface area (Å²) in [6.45, 7) is 0. The monoisotopic (exact) mass is 477 g/mol. The van der Waals surface area contributed by atoms with Gasteiger partial charge < -0.3 is 10.1 Å². The summed E-state index contributed by atoms with van der Waals surface area (Å²) in [7, 11) is 1.54. The molecule has 0 bridgehead atoms. The van der Waals surface area contributed by atoms with Crippen LogP contribution in [0.4, 0.5) is 17.1 Å². The third kappa shape index (κ3) is 4.91. The van der Waals surface area contributed by atoms with Crippen LogP contribution in [-0.2, 0) is 9.59 Å². The molecule has 1 fully saturated rings. The number of carbonyl (C=O) groups is 3. The van der Waals surface area contributed by atoms with Crippen LogP contribution in [0.25, 0.3) is 0 Å². The normalized spacial score (nSPS) is 15.3. The quantitative estimate of drug-likeness (QED) is 0.306. The van der Waals surface area contributed by atoms with Crippen molar-refractivity contribution in [3.05, 3.63) is 88.5 Å². The highest BCUT2D eigenvalue weighted by Crippen LogP contribution is 2.35. The van der Waals surface area contributed by atoms with Crippen molar-refractivity contribution in [3.63, 3.8) is 0 Å². The molecule has 1 N–H and O–H groups in total. The van der Waals surface area contributed by atoms with E-state index in [0.29, 0.717) is 17.1 Å². The van der Waals surface area contributed by atoms with Crippen molar-refractivity contribution in [2.24, 2.45) is 0 Å². The predicted molar refractivity (Wildman–Crippen MR) is 127 cm³/mol. The molecule has 1 aliphatic rings. The van der Waals surface area contributed by atoms with Gasteiger partial charge in [0.15, 0.2) is 0 Å². The van der Waals surface area contributed by atoms with Gasteiger partial charge in [-0.3, -0.25) is 24.5 Å². The van der Waals surface area contributed by atoms with Crippen molar-refractivity contribution in [2.75, 3.05) is 17.3 Å². The van der Waals surface area contributed by atoms with Crippen LogP contribution in [0.15, 0.2) is 77.7 Å². The Morgan fingerprint density at radius 3 is 2.26 bits per heavy atom. The number of carbonyl (C=O) groups excluding carboxylic acids is 3. The Bertz CT molecular complexity index is 1240. The van der Waals surface area contributed by atoms with Crippen molar-refractivity contribution >= 4 is 46.5 Å². The van der Waals surface area contributed by atoms with Crippen molar-refractivity contribution in [2.45, 2.75) is 16.6 Å². The van der Waals surface area contributed by atoms with Gasteiger partial charge in [0, 0.05) is 34.7 Å². The fourth-order valence-electron chi connectivity index (χ4n) is 3.42. The van der Waals surface area contributed by atoms with Gasteiger partial charge in [0.1, 0.15) is 5.75 Å². The van der Waals surface area contributed by atoms with Gasteiger partial charge in [-0.05, 0) is 60.7 Å². The Balaban J connectivity index is 1.38. The topological polar surface area (TPSA) is 119 Å². The van der Waals surface area contributed by atoms with E-state index in [1.807, 2.05) is 0 Å². The minimum absolute atomic E-state index is 0.0914. The summed E-state index contributed by atoms with van der Waals surface area (Å²) < 4.78 is 5.11. The Morgan fingerprint density at radius 1 is 1.03 bits per heavy atom. The minimum atomic E-state index is -0.546. The number of benzene rings is 3. The van der Waals surface area contributed by atoms with Crippen LogP contribution in [0.3, 0.4) is 0 Å². The first kappa shape index (κ1) is 23.0. The fourth-order valence-corrected chi connectivity index (χ4v) is 4.47. The number of imide groups is 1. The number of nitro groups is 1. The molecule has 0 aliphatic carbocycles. The van der Waals surface area contributed by atoms with E-state index in [1.54, 1.807) is 55.6 Å². The van der Waals surface area contributed by atoms with Gasteiger partial charge in [0.2, 0.25) is 11.8 Å². The number of ether oxygens (including phenoxy) is 1. The predicted octanol–water partition coefficient (Wildman–Crippen LogP) is 4.28. The number of hydrogen-bond donors (Lipinski definition) is 1. The molecule has 3 amide bonds. The molecule has 4 rings (SSSR count). The molecular weight excluding hydrogens is 458 g/mol. The second-order valence-corrected chi connectivity index (χ2v) is 8.63. The third-order valence-electron chi connectivity index (χ3n) is 5.17. The average Bonchev–Trinajstić information content (AvgIpc) is 3.12. The molecule has 10 heteroatoms. The maximum atomic E-state index is 12.9. The summed E-state index contributed by atoms with van der Waals surface area (Å²) in [5.74, 6) is -0.313. The smallest absolute Gasteiger partial charge is 0.269 e. The van der Waals surface area contributed by atoms with E-state index < -0.39 is 16.1 Å². The lowest BCUT2D eigenvalue weighted by atomic mass is 10.2. The Kier molecular flexibility index (Phi) is 6.60. The summed E-state index contributed by atoms with van der Waals surface area (Å²) in [4.78, 5) is 49.9. The number of nitrogens with zero attached hydrogens (tertiary/aromatic N) is 2. The summed E-state index contributed by atoms with van der Waals surface area (Å²) in [6, 6.07) is 18.9. The molecule has 3 aromatic carbocycles. The third-order valence-corrected chi connectivity index (χ3v) is 6.36. The number of thioether (sulfide) groups is 1. The standard InChI is InChI=1S/C24H19N3O6S/c1-33-19-10-8-17(9-11-19)26-22(28)14-21(24(26)30)34-20-12-4-16(5-13-20)25-23(29)15-2-6-18(7-3-15)27(31)32/h2-13,21H,14H2,1H3,(H,25,29). The van der Waals surface area contributed by atoms with E-state index in [9.17, 15) is 24.5 Å². The van der Waals surface area contributed by atoms with Gasteiger partial charge >= 0.3 is 0 Å². The van der Waals surface area contributed by atoms with E-state index in [-0.39, 0.29) is 29.5 Å². The largest absolute Gasteiger partial charge is 0.497 e. The van der Waals surface area contributed by atoms with Crippen LogP contribution < -0.4 is 15.0 Å². The van der Waals surface area contributed by atoms with Crippen LogP contribution in [0.5, 0.6) is 5.75 Å². The zero-order valence-corrected chi connectivity index (χ0v) is 18.8. The maximum Gasteiger partial charge on any atom is 0.269 e. The highest BCUT2D eigenvalue weighted by Gasteiger charge is 2.40. The number of anilines is 2. The van der Waals surface area contributed by atoms with E-state index in [1.165, 1.54) is 40.9 Å². The molecule has 0 radical (unpaired) electrons. The summed E-state index contributed by atoms with van der Waals surface area (Å²) in [6.07, 6.45) is 0.0914. The number of non-ortho nitro benzene ring substituents is 1. The summed E-state index contributed by atoms with van der Waals surface area (Å²) in [5.41, 5.74) is 1.23. The van der Waals surface area contributed by atoms with Gasteiger partial charge in [-0.25, -0.2) is 4.90 Å². The molecule has 1 aliphatic heterocycles. The molecule has 0 spiro atoms. The lowest BCUT2D eigenvalue weighted by Crippen LogP contribution is -2.31. The van der Waals surface area contributed by atoms with E-state index >= 15 is 0 Å². The molecular formula is C24H19N3O6S. The Hall–Kier alpha value is -4.18. The van der Waals surface area contributed by atoms with Crippen molar-refractivity contribution in [1.29, 1.82) is 0 Å². The molecule has 34 heavy (non-hydrogen) atoms. The lowest BCUT2D eigenvalue weighted by Gasteiger charge is -2.15. The number of nitrogens with one attached hydrogen (secondary N) is 1. The van der Waals surface area contributed by atoms with Crippen LogP contribution in [0, 0.1) is 10.1 Å². The second-order valence-electron chi connectivity index (χ2n) is 7.36. The highest BCUT2D eigenvalue weighted by molar-refractivity contribution is 8.00. The number of rotatable bonds is 7. The maximum absolute atomic E-state index is 12.9. The Labute approximate surface area is 198 Å². The molecule has 172 valence electrons. The van der Waals surface area contributed by atoms with Crippen molar-refractivity contribution < 1.29 is 24.0 Å². The number of hydrogen-bond acceptors (Lipinski definition) is 7. The zero-order valence-electron chi connectivity index (χ0n) is 18.0. The molecule has 1 heterocycles. The second kappa shape index (κ2) is 9.75. The molecule has 0 saturated carbocycles. The fraction of sp³-hybridized carbons (Fsp3) is 0.125. The first-order chi connectivity index (χ1) is 16.4. The van der Waals surface area contributed by atoms with Crippen molar-refractivity contribution in [3.8, 4) is 5.75 Å². The summed E-state index contributed by atoms with van der Waals surface area (Å²) in [5, 5.41) is 12.9. The highest BCUT2D eigenvalue weighted by atomic mass is 32.2. The van der Waals surface area contributed by atoms with Crippen LogP contribution in [0.2, 0.25) is 0 Å². The first-order valence-corrected chi connectivity index (χ1v) is 11.1. The van der Waals surface area contributed by atoms with Crippen molar-refractivity contribution in [1.82, 2.24) is 0 Å². The van der Waals surface area contributed by atoms with Crippen LogP contribution in [-0.4, -0.2) is 35.0 Å². The minimum Gasteiger partial charge on any atom is -0.497 e.